The van der Waals surface area contributed by atoms with Gasteiger partial charge in [0.2, 0.25) is 5.96 Å². The van der Waals surface area contributed by atoms with Crippen molar-refractivity contribution < 1.29 is 24.2 Å². The zero-order valence-corrected chi connectivity index (χ0v) is 16.0. The number of carboxylic acids is 1. The molecule has 154 valence electrons. The minimum Gasteiger partial charge on any atom is -0.480 e. The maximum atomic E-state index is 12.3. The first kappa shape index (κ1) is 19.2. The van der Waals surface area contributed by atoms with Crippen LogP contribution in [0.4, 0.5) is 10.5 Å². The monoisotopic (exact) mass is 409 g/mol. The van der Waals surface area contributed by atoms with E-state index in [2.05, 4.69) is 15.6 Å². The molecular formula is C20H19N5O5. The van der Waals surface area contributed by atoms with Gasteiger partial charge in [-0.15, -0.1) is 0 Å². The van der Waals surface area contributed by atoms with Gasteiger partial charge < -0.3 is 25.0 Å². The van der Waals surface area contributed by atoms with E-state index in [1.165, 1.54) is 16.8 Å². The van der Waals surface area contributed by atoms with Crippen molar-refractivity contribution in [3.63, 3.8) is 0 Å². The number of benzene rings is 2. The molecule has 2 aliphatic heterocycles. The third-order valence-corrected chi connectivity index (χ3v) is 4.76. The molecule has 0 saturated carbocycles. The molecule has 0 radical (unpaired) electrons. The van der Waals surface area contributed by atoms with Gasteiger partial charge in [0.05, 0.1) is 0 Å². The van der Waals surface area contributed by atoms with Crippen LogP contribution in [0.2, 0.25) is 0 Å². The van der Waals surface area contributed by atoms with Crippen LogP contribution < -0.4 is 15.4 Å². The number of nitrogens with zero attached hydrogens (tertiary/aromatic N) is 3. The first-order chi connectivity index (χ1) is 14.4. The van der Waals surface area contributed by atoms with Crippen LogP contribution in [0.25, 0.3) is 0 Å². The Kier molecular flexibility index (Phi) is 4.97. The highest BCUT2D eigenvalue weighted by atomic mass is 16.5. The Balaban J connectivity index is 1.53. The van der Waals surface area contributed by atoms with E-state index >= 15 is 0 Å². The third-order valence-electron chi connectivity index (χ3n) is 4.76. The Bertz CT molecular complexity index is 1010. The number of hydrogen-bond acceptors (Lipinski definition) is 7. The predicted molar refractivity (Wildman–Crippen MR) is 107 cm³/mol. The van der Waals surface area contributed by atoms with Crippen molar-refractivity contribution in [2.24, 2.45) is 4.99 Å². The zero-order valence-electron chi connectivity index (χ0n) is 16.0. The summed E-state index contributed by atoms with van der Waals surface area (Å²) < 4.78 is 5.75. The van der Waals surface area contributed by atoms with E-state index in [1.54, 1.807) is 24.3 Å². The number of carbonyl (C=O) groups is 3. The maximum Gasteiger partial charge on any atom is 0.325 e. The summed E-state index contributed by atoms with van der Waals surface area (Å²) in [5.74, 6) is -0.184. The molecule has 4 rings (SSSR count). The Morgan fingerprint density at radius 3 is 2.47 bits per heavy atom. The summed E-state index contributed by atoms with van der Waals surface area (Å²) >= 11 is 0. The number of amides is 3. The molecule has 3 N–H and O–H groups in total. The average Bonchev–Trinajstić information content (AvgIpc) is 3.06. The van der Waals surface area contributed by atoms with Gasteiger partial charge in [-0.25, -0.2) is 9.79 Å². The minimum atomic E-state index is -1.12. The summed E-state index contributed by atoms with van der Waals surface area (Å²) in [5, 5.41) is 14.5. The van der Waals surface area contributed by atoms with E-state index in [9.17, 15) is 19.5 Å². The fourth-order valence-electron chi connectivity index (χ4n) is 3.31. The average molecular weight is 409 g/mol. The zero-order chi connectivity index (χ0) is 21.3. The third kappa shape index (κ3) is 3.75. The molecule has 2 aliphatic rings. The van der Waals surface area contributed by atoms with Crippen molar-refractivity contribution in [3.8, 4) is 11.5 Å². The second-order valence-corrected chi connectivity index (χ2v) is 6.80. The highest BCUT2D eigenvalue weighted by molar-refractivity contribution is 6.06. The van der Waals surface area contributed by atoms with Gasteiger partial charge in [-0.3, -0.25) is 14.9 Å². The maximum absolute atomic E-state index is 12.3. The lowest BCUT2D eigenvalue weighted by molar-refractivity contribution is -0.138. The molecule has 1 saturated heterocycles. The first-order valence-electron chi connectivity index (χ1n) is 9.16. The number of nitrogens with one attached hydrogen (secondary N) is 2. The Labute approximate surface area is 171 Å². The molecule has 0 aliphatic carbocycles. The van der Waals surface area contributed by atoms with E-state index < -0.39 is 36.7 Å². The topological polar surface area (TPSA) is 124 Å². The summed E-state index contributed by atoms with van der Waals surface area (Å²) in [5.41, 5.74) is 0.623. The van der Waals surface area contributed by atoms with Crippen molar-refractivity contribution >= 4 is 29.6 Å². The number of fused-ring (bicyclic) bond motifs is 1. The number of urea groups is 1. The first-order valence-corrected chi connectivity index (χ1v) is 9.16. The summed E-state index contributed by atoms with van der Waals surface area (Å²) in [6, 6.07) is 14.8. The number of anilines is 1. The summed E-state index contributed by atoms with van der Waals surface area (Å²) in [6.45, 7) is -0.447. The normalized spacial score (nSPS) is 20.4. The smallest absolute Gasteiger partial charge is 0.325 e. The number of ether oxygens (including phenoxy) is 1. The molecule has 0 aromatic heterocycles. The largest absolute Gasteiger partial charge is 0.480 e. The summed E-state index contributed by atoms with van der Waals surface area (Å²) in [6.07, 6.45) is -0.811. The van der Waals surface area contributed by atoms with Gasteiger partial charge in [0, 0.05) is 12.7 Å². The van der Waals surface area contributed by atoms with Crippen LogP contribution >= 0.6 is 0 Å². The van der Waals surface area contributed by atoms with Crippen LogP contribution in [0.3, 0.4) is 0 Å². The van der Waals surface area contributed by atoms with E-state index in [4.69, 9.17) is 4.74 Å². The highest BCUT2D eigenvalue weighted by Gasteiger charge is 2.49. The van der Waals surface area contributed by atoms with Crippen LogP contribution in [-0.4, -0.2) is 64.6 Å². The molecule has 30 heavy (non-hydrogen) atoms. The van der Waals surface area contributed by atoms with Gasteiger partial charge in [0.1, 0.15) is 18.0 Å². The quantitative estimate of drug-likeness (QED) is 0.684. The number of carbonyl (C=O) groups excluding carboxylic acids is 2. The molecule has 2 unspecified atom stereocenters. The number of aliphatic carboxylic acids is 1. The van der Waals surface area contributed by atoms with Gasteiger partial charge >= 0.3 is 12.0 Å². The predicted octanol–water partition coefficient (Wildman–Crippen LogP) is 1.52. The van der Waals surface area contributed by atoms with Crippen LogP contribution in [0.1, 0.15) is 0 Å². The number of guanidine groups is 1. The van der Waals surface area contributed by atoms with Gasteiger partial charge in [0.15, 0.2) is 12.2 Å². The van der Waals surface area contributed by atoms with Gasteiger partial charge in [-0.2, -0.15) is 0 Å². The highest BCUT2D eigenvalue weighted by Crippen LogP contribution is 2.26. The molecule has 2 aromatic carbocycles. The standard InChI is InChI=1S/C20H19N5O5/c1-24-17-16(18(28)23-20(24)29)25(11-15(26)27)19(22-17)21-12-7-9-14(10-8-12)30-13-5-3-2-4-6-13/h2-10,16-17H,11H2,1H3,(H,21,22)(H,26,27)(H,23,28,29). The van der Waals surface area contributed by atoms with Crippen LogP contribution in [0, 0.1) is 0 Å². The fraction of sp³-hybridized carbons (Fsp3) is 0.200. The van der Waals surface area contributed by atoms with Crippen molar-refractivity contribution in [3.05, 3.63) is 54.6 Å². The molecule has 10 heteroatoms. The van der Waals surface area contributed by atoms with Crippen molar-refractivity contribution in [1.82, 2.24) is 15.1 Å². The van der Waals surface area contributed by atoms with Crippen LogP contribution in [0.5, 0.6) is 11.5 Å². The molecule has 10 nitrogen and oxygen atoms in total. The minimum absolute atomic E-state index is 0.195. The lowest BCUT2D eigenvalue weighted by Gasteiger charge is -2.35. The summed E-state index contributed by atoms with van der Waals surface area (Å²) in [7, 11) is 1.50. The van der Waals surface area contributed by atoms with Gasteiger partial charge in [-0.05, 0) is 36.4 Å². The molecule has 0 bridgehead atoms. The number of carboxylic acid groups (broad SMARTS) is 1. The number of likely N-dealkylation sites (N-methyl/N-ethyl adjacent to an activating group) is 1. The fourth-order valence-corrected chi connectivity index (χ4v) is 3.31. The lowest BCUT2D eigenvalue weighted by atomic mass is 10.1. The van der Waals surface area contributed by atoms with E-state index in [0.29, 0.717) is 17.2 Å². The number of para-hydroxylation sites is 1. The second-order valence-electron chi connectivity index (χ2n) is 6.80. The van der Waals surface area contributed by atoms with E-state index in [0.717, 1.165) is 0 Å². The Morgan fingerprint density at radius 2 is 1.80 bits per heavy atom. The van der Waals surface area contributed by atoms with E-state index in [-0.39, 0.29) is 5.96 Å². The number of imide groups is 1. The SMILES string of the molecule is CN1C(=O)NC(=O)C2C1N=C(Nc1ccc(Oc3ccccc3)cc1)N2CC(=O)O. The molecule has 3 amide bonds. The molecular weight excluding hydrogens is 390 g/mol. The second kappa shape index (κ2) is 7.74. The number of hydrogen-bond donors (Lipinski definition) is 3. The number of aliphatic imine (C=N–C) groups is 1. The summed E-state index contributed by atoms with van der Waals surface area (Å²) in [4.78, 5) is 42.6. The van der Waals surface area contributed by atoms with Crippen molar-refractivity contribution in [2.75, 3.05) is 18.9 Å². The number of rotatable bonds is 5. The molecule has 2 atom stereocenters. The van der Waals surface area contributed by atoms with Crippen LogP contribution in [-0.2, 0) is 9.59 Å². The van der Waals surface area contributed by atoms with E-state index in [1.807, 2.05) is 30.3 Å². The van der Waals surface area contributed by atoms with Crippen LogP contribution in [0.15, 0.2) is 59.6 Å². The Morgan fingerprint density at radius 1 is 1.13 bits per heavy atom. The van der Waals surface area contributed by atoms with Crippen molar-refractivity contribution in [2.45, 2.75) is 12.2 Å². The molecule has 2 heterocycles. The Hall–Kier alpha value is -4.08. The molecule has 0 spiro atoms. The lowest BCUT2D eigenvalue weighted by Crippen LogP contribution is -2.64. The molecule has 2 aromatic rings. The van der Waals surface area contributed by atoms with Gasteiger partial charge in [0.25, 0.3) is 5.91 Å². The van der Waals surface area contributed by atoms with Crippen molar-refractivity contribution in [1.29, 1.82) is 0 Å². The molecule has 1 fully saturated rings. The van der Waals surface area contributed by atoms with Gasteiger partial charge in [-0.1, -0.05) is 18.2 Å².